The van der Waals surface area contributed by atoms with Crippen molar-refractivity contribution in [1.29, 1.82) is 0 Å². The van der Waals surface area contributed by atoms with Crippen LogP contribution in [0.25, 0.3) is 0 Å². The molecule has 0 aliphatic carbocycles. The number of anilines is 1. The van der Waals surface area contributed by atoms with Crippen molar-refractivity contribution in [2.45, 2.75) is 38.9 Å². The molecule has 0 aliphatic rings. The average Bonchev–Trinajstić information content (AvgIpc) is 2.98. The van der Waals surface area contributed by atoms with Crippen molar-refractivity contribution in [2.75, 3.05) is 19.0 Å². The highest BCUT2D eigenvalue weighted by Gasteiger charge is 2.19. The second-order valence-electron chi connectivity index (χ2n) is 6.20. The summed E-state index contributed by atoms with van der Waals surface area (Å²) in [6.07, 6.45) is -0.551. The molecule has 0 bridgehead atoms. The third kappa shape index (κ3) is 4.50. The maximum atomic E-state index is 10.1. The second kappa shape index (κ2) is 7.17. The molecule has 6 heteroatoms. The predicted molar refractivity (Wildman–Crippen MR) is 89.2 cm³/mol. The molecule has 0 spiro atoms. The normalized spacial score (nSPS) is 13.1. The van der Waals surface area contributed by atoms with Gasteiger partial charge >= 0.3 is 0 Å². The van der Waals surface area contributed by atoms with Crippen LogP contribution in [0.3, 0.4) is 0 Å². The van der Waals surface area contributed by atoms with Crippen molar-refractivity contribution >= 4 is 17.2 Å². The number of hydrogen-bond acceptors (Lipinski definition) is 6. The molecular weight excluding hydrogens is 298 g/mol. The topological polar surface area (TPSA) is 67.3 Å². The van der Waals surface area contributed by atoms with E-state index in [4.69, 9.17) is 4.74 Å². The van der Waals surface area contributed by atoms with Gasteiger partial charge in [0.15, 0.2) is 0 Å². The molecule has 2 rings (SSSR count). The predicted octanol–water partition coefficient (Wildman–Crippen LogP) is 3.13. The number of aliphatic hydroxyl groups is 1. The quantitative estimate of drug-likeness (QED) is 0.855. The van der Waals surface area contributed by atoms with E-state index in [9.17, 15) is 5.11 Å². The molecule has 0 amide bonds. The molecule has 2 heterocycles. The number of aliphatic hydroxyl groups excluding tert-OH is 1. The Bertz CT molecular complexity index is 594. The van der Waals surface area contributed by atoms with Crippen molar-refractivity contribution in [1.82, 2.24) is 9.97 Å². The summed E-state index contributed by atoms with van der Waals surface area (Å²) >= 11 is 1.57. The molecule has 0 fully saturated rings. The van der Waals surface area contributed by atoms with E-state index in [0.29, 0.717) is 19.0 Å². The Hall–Kier alpha value is -1.50. The van der Waals surface area contributed by atoms with Gasteiger partial charge in [0, 0.05) is 25.1 Å². The van der Waals surface area contributed by atoms with Gasteiger partial charge in [-0.25, -0.2) is 9.97 Å². The van der Waals surface area contributed by atoms with Crippen LogP contribution < -0.4 is 5.32 Å². The van der Waals surface area contributed by atoms with Crippen LogP contribution in [0.2, 0.25) is 0 Å². The minimum Gasteiger partial charge on any atom is -0.387 e. The molecule has 120 valence electrons. The monoisotopic (exact) mass is 321 g/mol. The zero-order valence-electron chi connectivity index (χ0n) is 13.5. The molecule has 0 aliphatic heterocycles. The van der Waals surface area contributed by atoms with Gasteiger partial charge in [0.25, 0.3) is 0 Å². The van der Waals surface area contributed by atoms with Crippen LogP contribution in [-0.4, -0.2) is 28.7 Å². The van der Waals surface area contributed by atoms with Crippen molar-refractivity contribution in [3.8, 4) is 0 Å². The average molecular weight is 321 g/mol. The number of thiophene rings is 1. The summed E-state index contributed by atoms with van der Waals surface area (Å²) in [6, 6.07) is 3.78. The molecule has 2 N–H and O–H groups in total. The molecule has 5 nitrogen and oxygen atoms in total. The molecule has 0 saturated heterocycles. The Morgan fingerprint density at radius 2 is 2.14 bits per heavy atom. The standard InChI is InChI=1S/C16H23N3O2S/c1-16(2,3)15-18-12(9-21-4)7-14(19-15)17-8-13(20)11-5-6-22-10-11/h5-7,10,13,20H,8-9H2,1-4H3,(H,17,18,19). The molecule has 2 aromatic heterocycles. The summed E-state index contributed by atoms with van der Waals surface area (Å²) < 4.78 is 5.17. The van der Waals surface area contributed by atoms with Crippen LogP contribution in [0, 0.1) is 0 Å². The number of hydrogen-bond donors (Lipinski definition) is 2. The maximum absolute atomic E-state index is 10.1. The number of nitrogens with zero attached hydrogens (tertiary/aromatic N) is 2. The molecule has 22 heavy (non-hydrogen) atoms. The van der Waals surface area contributed by atoms with E-state index < -0.39 is 6.10 Å². The molecular formula is C16H23N3O2S. The fourth-order valence-corrected chi connectivity index (χ4v) is 2.64. The van der Waals surface area contributed by atoms with Crippen molar-refractivity contribution in [3.05, 3.63) is 40.0 Å². The van der Waals surface area contributed by atoms with E-state index in [-0.39, 0.29) is 5.41 Å². The number of rotatable bonds is 6. The molecule has 1 unspecified atom stereocenters. The minimum atomic E-state index is -0.551. The molecule has 0 saturated carbocycles. The molecule has 0 radical (unpaired) electrons. The summed E-state index contributed by atoms with van der Waals surface area (Å²) in [6.45, 7) is 7.06. The van der Waals surface area contributed by atoms with E-state index in [1.165, 1.54) is 0 Å². The lowest BCUT2D eigenvalue weighted by Crippen LogP contribution is -2.20. The largest absolute Gasteiger partial charge is 0.387 e. The maximum Gasteiger partial charge on any atom is 0.136 e. The van der Waals surface area contributed by atoms with Gasteiger partial charge < -0.3 is 15.2 Å². The molecule has 0 aromatic carbocycles. The highest BCUT2D eigenvalue weighted by atomic mass is 32.1. The van der Waals surface area contributed by atoms with Crippen molar-refractivity contribution < 1.29 is 9.84 Å². The number of aromatic nitrogens is 2. The molecule has 1 atom stereocenters. The van der Waals surface area contributed by atoms with E-state index in [1.807, 2.05) is 22.9 Å². The van der Waals surface area contributed by atoms with Gasteiger partial charge in [-0.1, -0.05) is 20.8 Å². The third-order valence-electron chi connectivity index (χ3n) is 3.15. The first-order valence-corrected chi connectivity index (χ1v) is 8.16. The van der Waals surface area contributed by atoms with Crippen LogP contribution in [0.15, 0.2) is 22.9 Å². The van der Waals surface area contributed by atoms with Gasteiger partial charge in [-0.2, -0.15) is 11.3 Å². The second-order valence-corrected chi connectivity index (χ2v) is 6.98. The van der Waals surface area contributed by atoms with Crippen LogP contribution >= 0.6 is 11.3 Å². The van der Waals surface area contributed by atoms with Gasteiger partial charge in [-0.05, 0) is 22.4 Å². The van der Waals surface area contributed by atoms with Crippen LogP contribution in [0.1, 0.15) is 44.0 Å². The van der Waals surface area contributed by atoms with Crippen molar-refractivity contribution in [2.24, 2.45) is 0 Å². The van der Waals surface area contributed by atoms with Gasteiger partial charge in [-0.3, -0.25) is 0 Å². The summed E-state index contributed by atoms with van der Waals surface area (Å²) in [5.41, 5.74) is 1.60. The first kappa shape index (κ1) is 16.9. The van der Waals surface area contributed by atoms with E-state index in [0.717, 1.165) is 17.1 Å². The Balaban J connectivity index is 2.13. The highest BCUT2D eigenvalue weighted by Crippen LogP contribution is 2.22. The number of methoxy groups -OCH3 is 1. The summed E-state index contributed by atoms with van der Waals surface area (Å²) in [4.78, 5) is 9.09. The number of ether oxygens (including phenoxy) is 1. The van der Waals surface area contributed by atoms with Crippen LogP contribution in [0.5, 0.6) is 0 Å². The van der Waals surface area contributed by atoms with Gasteiger partial charge in [0.1, 0.15) is 11.6 Å². The zero-order chi connectivity index (χ0) is 16.2. The Labute approximate surface area is 135 Å². The minimum absolute atomic E-state index is 0.147. The fourth-order valence-electron chi connectivity index (χ4n) is 1.93. The van der Waals surface area contributed by atoms with Crippen molar-refractivity contribution in [3.63, 3.8) is 0 Å². The Morgan fingerprint density at radius 3 is 2.73 bits per heavy atom. The lowest BCUT2D eigenvalue weighted by atomic mass is 9.95. The first-order valence-electron chi connectivity index (χ1n) is 7.21. The number of nitrogens with one attached hydrogen (secondary N) is 1. The lowest BCUT2D eigenvalue weighted by molar-refractivity contribution is 0.181. The SMILES string of the molecule is COCc1cc(NCC(O)c2ccsc2)nc(C(C)(C)C)n1. The summed E-state index contributed by atoms with van der Waals surface area (Å²) in [5.74, 6) is 1.47. The van der Waals surface area contributed by atoms with E-state index in [2.05, 4.69) is 36.1 Å². The Kier molecular flexibility index (Phi) is 5.50. The van der Waals surface area contributed by atoms with Crippen LogP contribution in [-0.2, 0) is 16.8 Å². The fraction of sp³-hybridized carbons (Fsp3) is 0.500. The van der Waals surface area contributed by atoms with Crippen LogP contribution in [0.4, 0.5) is 5.82 Å². The lowest BCUT2D eigenvalue weighted by Gasteiger charge is -2.19. The molecule has 2 aromatic rings. The van der Waals surface area contributed by atoms with E-state index in [1.54, 1.807) is 18.4 Å². The van der Waals surface area contributed by atoms with Gasteiger partial charge in [0.2, 0.25) is 0 Å². The third-order valence-corrected chi connectivity index (χ3v) is 3.85. The summed E-state index contributed by atoms with van der Waals surface area (Å²) in [5, 5.41) is 17.2. The Morgan fingerprint density at radius 1 is 1.36 bits per heavy atom. The summed E-state index contributed by atoms with van der Waals surface area (Å²) in [7, 11) is 1.65. The van der Waals surface area contributed by atoms with Gasteiger partial charge in [-0.15, -0.1) is 0 Å². The highest BCUT2D eigenvalue weighted by molar-refractivity contribution is 7.07. The van der Waals surface area contributed by atoms with E-state index >= 15 is 0 Å². The first-order chi connectivity index (χ1) is 10.4. The van der Waals surface area contributed by atoms with Gasteiger partial charge in [0.05, 0.1) is 18.4 Å². The zero-order valence-corrected chi connectivity index (χ0v) is 14.3. The smallest absolute Gasteiger partial charge is 0.136 e.